The van der Waals surface area contributed by atoms with E-state index in [1.165, 1.54) is 0 Å². The van der Waals surface area contributed by atoms with Gasteiger partial charge in [-0.2, -0.15) is 0 Å². The number of carbonyl (C=O) groups is 3. The van der Waals surface area contributed by atoms with Crippen LogP contribution in [-0.2, 0) is 33.8 Å². The molecular formula is C30H42Br3N9O6. The third-order valence-corrected chi connectivity index (χ3v) is 8.78. The number of hydrogen-bond acceptors (Lipinski definition) is 9. The Balaban J connectivity index is 0.000000163. The van der Waals surface area contributed by atoms with E-state index in [9.17, 15) is 14.4 Å². The van der Waals surface area contributed by atoms with E-state index in [0.717, 1.165) is 22.3 Å². The zero-order chi connectivity index (χ0) is 35.8. The number of rotatable bonds is 0. The minimum atomic E-state index is -0.494. The Morgan fingerprint density at radius 2 is 1.08 bits per heavy atom. The van der Waals surface area contributed by atoms with Crippen molar-refractivity contribution in [2.75, 3.05) is 34.3 Å². The second-order valence-electron chi connectivity index (χ2n) is 14.0. The van der Waals surface area contributed by atoms with Crippen LogP contribution in [0.3, 0.4) is 0 Å². The van der Waals surface area contributed by atoms with Crippen molar-refractivity contribution in [3.63, 3.8) is 0 Å². The first kappa shape index (κ1) is 37.7. The fourth-order valence-corrected chi connectivity index (χ4v) is 5.86. The van der Waals surface area contributed by atoms with E-state index in [1.807, 2.05) is 88.4 Å². The molecule has 0 fully saturated rings. The van der Waals surface area contributed by atoms with Crippen molar-refractivity contribution in [2.45, 2.75) is 98.8 Å². The average Bonchev–Trinajstić information content (AvgIpc) is 3.73. The lowest BCUT2D eigenvalue weighted by Crippen LogP contribution is -2.36. The normalized spacial score (nSPS) is 15.1. The average molecular weight is 864 g/mol. The lowest BCUT2D eigenvalue weighted by atomic mass is 10.2. The minimum absolute atomic E-state index is 0.326. The molecule has 0 aliphatic carbocycles. The zero-order valence-corrected chi connectivity index (χ0v) is 33.3. The highest BCUT2D eigenvalue weighted by atomic mass is 79.9. The second-order valence-corrected chi connectivity index (χ2v) is 16.3. The molecule has 3 aliphatic rings. The Kier molecular flexibility index (Phi) is 11.3. The number of carbonyl (C=O) groups excluding carboxylic acids is 3. The maximum atomic E-state index is 12.0. The molecule has 0 saturated heterocycles. The fraction of sp³-hybridized carbons (Fsp3) is 0.600. The maximum absolute atomic E-state index is 12.0. The SMILES string of the molecule is CC(C)(C)OC(=O)N1CCn2c1nc(Br)c2Br.CC(C)(C)OC(=O)N1CCn2cc(Br)nc21.CC(C)(C)OC(=O)N1CCn2ccnc21. The summed E-state index contributed by atoms with van der Waals surface area (Å²) in [5, 5.41) is 0. The largest absolute Gasteiger partial charge is 0.443 e. The van der Waals surface area contributed by atoms with Crippen LogP contribution >= 0.6 is 47.8 Å². The van der Waals surface area contributed by atoms with Gasteiger partial charge in [-0.05, 0) is 110 Å². The Bertz CT molecular complexity index is 1650. The molecule has 15 nitrogen and oxygen atoms in total. The van der Waals surface area contributed by atoms with Crippen LogP contribution in [-0.4, -0.2) is 83.4 Å². The van der Waals surface area contributed by atoms with Crippen LogP contribution in [0.25, 0.3) is 0 Å². The van der Waals surface area contributed by atoms with E-state index >= 15 is 0 Å². The Hall–Kier alpha value is -3.12. The van der Waals surface area contributed by atoms with E-state index in [-0.39, 0.29) is 18.3 Å². The van der Waals surface area contributed by atoms with Crippen LogP contribution in [0.2, 0.25) is 0 Å². The van der Waals surface area contributed by atoms with Gasteiger partial charge in [-0.15, -0.1) is 0 Å². The van der Waals surface area contributed by atoms with Crippen molar-refractivity contribution in [3.05, 3.63) is 32.4 Å². The molecule has 0 spiro atoms. The van der Waals surface area contributed by atoms with Crippen LogP contribution in [0.4, 0.5) is 32.2 Å². The molecule has 6 heterocycles. The zero-order valence-electron chi connectivity index (χ0n) is 28.6. The summed E-state index contributed by atoms with van der Waals surface area (Å²) in [7, 11) is 0. The third-order valence-electron chi connectivity index (χ3n) is 6.51. The van der Waals surface area contributed by atoms with Crippen molar-refractivity contribution in [1.82, 2.24) is 28.7 Å². The highest BCUT2D eigenvalue weighted by molar-refractivity contribution is 9.13. The molecular weight excluding hydrogens is 822 g/mol. The van der Waals surface area contributed by atoms with Crippen LogP contribution in [0.15, 0.2) is 32.4 Å². The van der Waals surface area contributed by atoms with E-state index < -0.39 is 16.8 Å². The highest BCUT2D eigenvalue weighted by Crippen LogP contribution is 2.33. The van der Waals surface area contributed by atoms with Crippen LogP contribution in [0.5, 0.6) is 0 Å². The van der Waals surface area contributed by atoms with Gasteiger partial charge in [0.25, 0.3) is 0 Å². The summed E-state index contributed by atoms with van der Waals surface area (Å²) < 4.78 is 24.0. The van der Waals surface area contributed by atoms with Gasteiger partial charge in [0.15, 0.2) is 0 Å². The van der Waals surface area contributed by atoms with E-state index in [1.54, 1.807) is 20.9 Å². The molecule has 3 amide bonds. The summed E-state index contributed by atoms with van der Waals surface area (Å²) in [5.74, 6) is 1.92. The predicted octanol–water partition coefficient (Wildman–Crippen LogP) is 7.20. The first-order chi connectivity index (χ1) is 22.1. The van der Waals surface area contributed by atoms with Crippen molar-refractivity contribution in [1.29, 1.82) is 0 Å². The van der Waals surface area contributed by atoms with Crippen molar-refractivity contribution < 1.29 is 28.6 Å². The number of nitrogens with zero attached hydrogens (tertiary/aromatic N) is 9. The Labute approximate surface area is 305 Å². The molecule has 0 atom stereocenters. The van der Waals surface area contributed by atoms with E-state index in [0.29, 0.717) is 48.6 Å². The van der Waals surface area contributed by atoms with E-state index in [2.05, 4.69) is 62.7 Å². The number of imidazole rings is 3. The standard InChI is InChI=1S/C10H13Br2N3O2.C10H14BrN3O2.C10H15N3O2/c1-10(2,3)17-9(16)15-5-4-14-7(12)6(11)13-8(14)15;1-10(2,3)16-9(15)14-5-4-13-6-7(11)12-8(13)14;1-10(2,3)15-9(14)13-7-6-12-5-4-11-8(12)13/h4-5H2,1-3H3;6H,4-5H2,1-3H3;4-5H,6-7H2,1-3H3. The molecule has 6 rings (SSSR count). The lowest BCUT2D eigenvalue weighted by Gasteiger charge is -2.23. The van der Waals surface area contributed by atoms with Crippen LogP contribution < -0.4 is 14.7 Å². The monoisotopic (exact) mass is 861 g/mol. The van der Waals surface area contributed by atoms with Crippen molar-refractivity contribution in [3.8, 4) is 0 Å². The molecule has 0 aromatic carbocycles. The topological polar surface area (TPSA) is 142 Å². The fourth-order valence-electron chi connectivity index (χ4n) is 4.66. The number of fused-ring (bicyclic) bond motifs is 3. The molecule has 0 N–H and O–H groups in total. The Morgan fingerprint density at radius 1 is 0.625 bits per heavy atom. The molecule has 0 radical (unpaired) electrons. The minimum Gasteiger partial charge on any atom is -0.443 e. The van der Waals surface area contributed by atoms with Gasteiger partial charge in [-0.1, -0.05) is 0 Å². The van der Waals surface area contributed by atoms with Crippen LogP contribution in [0, 0.1) is 0 Å². The van der Waals surface area contributed by atoms with Gasteiger partial charge in [-0.25, -0.2) is 44.0 Å². The second kappa shape index (κ2) is 14.4. The quantitative estimate of drug-likeness (QED) is 0.215. The van der Waals surface area contributed by atoms with Gasteiger partial charge in [0.2, 0.25) is 17.8 Å². The molecule has 3 aliphatic heterocycles. The summed E-state index contributed by atoms with van der Waals surface area (Å²) in [5.41, 5.74) is -1.43. The molecule has 0 bridgehead atoms. The van der Waals surface area contributed by atoms with Gasteiger partial charge in [0, 0.05) is 38.2 Å². The number of hydrogen-bond donors (Lipinski definition) is 0. The molecule has 18 heteroatoms. The highest BCUT2D eigenvalue weighted by Gasteiger charge is 2.33. The first-order valence-electron chi connectivity index (χ1n) is 15.3. The summed E-state index contributed by atoms with van der Waals surface area (Å²) in [6.45, 7) is 20.8. The maximum Gasteiger partial charge on any atom is 0.417 e. The molecule has 3 aromatic rings. The van der Waals surface area contributed by atoms with E-state index in [4.69, 9.17) is 14.2 Å². The van der Waals surface area contributed by atoms with Crippen LogP contribution in [0.1, 0.15) is 62.3 Å². The smallest absolute Gasteiger partial charge is 0.417 e. The number of amides is 3. The first-order valence-corrected chi connectivity index (χ1v) is 17.7. The third kappa shape index (κ3) is 9.52. The van der Waals surface area contributed by atoms with Gasteiger partial charge >= 0.3 is 18.3 Å². The lowest BCUT2D eigenvalue weighted by molar-refractivity contribution is 0.0572. The van der Waals surface area contributed by atoms with Gasteiger partial charge < -0.3 is 27.9 Å². The summed E-state index contributed by atoms with van der Waals surface area (Å²) >= 11 is 10.0. The summed E-state index contributed by atoms with van der Waals surface area (Å²) in [4.78, 5) is 52.9. The van der Waals surface area contributed by atoms with Crippen molar-refractivity contribution in [2.24, 2.45) is 0 Å². The molecule has 3 aromatic heterocycles. The van der Waals surface area contributed by atoms with Gasteiger partial charge in [0.05, 0.1) is 19.6 Å². The Morgan fingerprint density at radius 3 is 1.60 bits per heavy atom. The predicted molar refractivity (Wildman–Crippen MR) is 191 cm³/mol. The molecule has 48 heavy (non-hydrogen) atoms. The number of anilines is 3. The van der Waals surface area contributed by atoms with Crippen molar-refractivity contribution >= 4 is 83.9 Å². The van der Waals surface area contributed by atoms with Gasteiger partial charge in [-0.3, -0.25) is 0 Å². The summed E-state index contributed by atoms with van der Waals surface area (Å²) in [6, 6.07) is 0. The van der Waals surface area contributed by atoms with Gasteiger partial charge in [0.1, 0.15) is 30.6 Å². The molecule has 0 saturated carbocycles. The number of ether oxygens (including phenoxy) is 3. The molecule has 0 unspecified atom stereocenters. The number of halogens is 3. The summed E-state index contributed by atoms with van der Waals surface area (Å²) in [6.07, 6.45) is 4.38. The molecule has 264 valence electrons. The number of aromatic nitrogens is 6.